The summed E-state index contributed by atoms with van der Waals surface area (Å²) >= 11 is 10.1. The van der Waals surface area contributed by atoms with Gasteiger partial charge in [-0.3, -0.25) is 0 Å². The van der Waals surface area contributed by atoms with Gasteiger partial charge in [-0.25, -0.2) is 4.98 Å². The van der Waals surface area contributed by atoms with Crippen LogP contribution < -0.4 is 10.5 Å². The molecule has 1 aromatic carbocycles. The second kappa shape index (κ2) is 6.45. The maximum Gasteiger partial charge on any atom is 0.130 e. The van der Waals surface area contributed by atoms with Gasteiger partial charge in [0.25, 0.3) is 0 Å². The predicted molar refractivity (Wildman–Crippen MR) is 86.1 cm³/mol. The highest BCUT2D eigenvalue weighted by atomic mass is 79.9. The largest absolute Gasteiger partial charge is 0.492 e. The Morgan fingerprint density at radius 3 is 2.95 bits per heavy atom. The number of thiazole rings is 1. The average Bonchev–Trinajstić information content (AvgIpc) is 2.75. The molecule has 19 heavy (non-hydrogen) atoms. The standard InChI is InChI=1S/C13H13BrN2OS2/c1-8-11(19-7-16-8)5-6-17-10-4-2-3-9(14)12(10)13(15)18/h2-4,7H,5-6H2,1H3,(H2,15,18). The topological polar surface area (TPSA) is 48.1 Å². The van der Waals surface area contributed by atoms with Gasteiger partial charge >= 0.3 is 0 Å². The summed E-state index contributed by atoms with van der Waals surface area (Å²) in [6, 6.07) is 5.67. The van der Waals surface area contributed by atoms with E-state index < -0.39 is 0 Å². The van der Waals surface area contributed by atoms with Gasteiger partial charge in [0, 0.05) is 15.8 Å². The van der Waals surface area contributed by atoms with Crippen LogP contribution in [0.3, 0.4) is 0 Å². The lowest BCUT2D eigenvalue weighted by Crippen LogP contribution is -2.13. The molecule has 0 aliphatic carbocycles. The van der Waals surface area contributed by atoms with Gasteiger partial charge in [0.05, 0.1) is 23.4 Å². The summed E-state index contributed by atoms with van der Waals surface area (Å²) in [5.74, 6) is 0.712. The van der Waals surface area contributed by atoms with Crippen molar-refractivity contribution in [2.45, 2.75) is 13.3 Å². The fraction of sp³-hybridized carbons (Fsp3) is 0.231. The van der Waals surface area contributed by atoms with Crippen molar-refractivity contribution in [3.63, 3.8) is 0 Å². The first kappa shape index (κ1) is 14.4. The van der Waals surface area contributed by atoms with Crippen LogP contribution in [0.5, 0.6) is 5.75 Å². The molecule has 0 aliphatic rings. The molecular weight excluding hydrogens is 344 g/mol. The fourth-order valence-corrected chi connectivity index (χ4v) is 3.35. The Labute approximate surface area is 129 Å². The molecule has 2 rings (SSSR count). The van der Waals surface area contributed by atoms with Gasteiger partial charge in [-0.1, -0.05) is 18.3 Å². The number of hydrogen-bond acceptors (Lipinski definition) is 4. The molecule has 1 aromatic heterocycles. The smallest absolute Gasteiger partial charge is 0.130 e. The Morgan fingerprint density at radius 2 is 2.32 bits per heavy atom. The zero-order valence-electron chi connectivity index (χ0n) is 10.4. The lowest BCUT2D eigenvalue weighted by atomic mass is 10.2. The van der Waals surface area contributed by atoms with Crippen LogP contribution in [0.4, 0.5) is 0 Å². The summed E-state index contributed by atoms with van der Waals surface area (Å²) in [6.45, 7) is 2.58. The minimum Gasteiger partial charge on any atom is -0.492 e. The zero-order chi connectivity index (χ0) is 13.8. The number of ether oxygens (including phenoxy) is 1. The monoisotopic (exact) mass is 356 g/mol. The Hall–Kier alpha value is -0.980. The molecule has 0 fully saturated rings. The molecule has 6 heteroatoms. The Morgan fingerprint density at radius 1 is 1.53 bits per heavy atom. The maximum absolute atomic E-state index is 5.79. The summed E-state index contributed by atoms with van der Waals surface area (Å²) in [6.07, 6.45) is 0.833. The molecule has 2 N–H and O–H groups in total. The number of hydrogen-bond donors (Lipinski definition) is 1. The van der Waals surface area contributed by atoms with Crippen molar-refractivity contribution >= 4 is 44.5 Å². The van der Waals surface area contributed by atoms with E-state index in [4.69, 9.17) is 22.7 Å². The highest BCUT2D eigenvalue weighted by molar-refractivity contribution is 9.10. The second-order valence-corrected chi connectivity index (χ2v) is 6.17. The van der Waals surface area contributed by atoms with Crippen molar-refractivity contribution in [2.75, 3.05) is 6.61 Å². The van der Waals surface area contributed by atoms with E-state index in [0.717, 1.165) is 22.2 Å². The lowest BCUT2D eigenvalue weighted by Gasteiger charge is -2.11. The summed E-state index contributed by atoms with van der Waals surface area (Å²) in [5.41, 5.74) is 9.39. The molecule has 0 bridgehead atoms. The van der Waals surface area contributed by atoms with Crippen molar-refractivity contribution in [3.05, 3.63) is 44.3 Å². The first-order valence-electron chi connectivity index (χ1n) is 5.69. The summed E-state index contributed by atoms with van der Waals surface area (Å²) in [4.78, 5) is 5.79. The van der Waals surface area contributed by atoms with Crippen molar-refractivity contribution < 1.29 is 4.74 Å². The van der Waals surface area contributed by atoms with Crippen LogP contribution in [0.1, 0.15) is 16.1 Å². The van der Waals surface area contributed by atoms with E-state index >= 15 is 0 Å². The molecule has 0 atom stereocenters. The van der Waals surface area contributed by atoms with E-state index in [-0.39, 0.29) is 0 Å². The van der Waals surface area contributed by atoms with E-state index in [1.807, 2.05) is 30.6 Å². The zero-order valence-corrected chi connectivity index (χ0v) is 13.6. The Balaban J connectivity index is 2.06. The van der Waals surface area contributed by atoms with Gasteiger partial charge in [0.15, 0.2) is 0 Å². The van der Waals surface area contributed by atoms with Gasteiger partial charge in [0.2, 0.25) is 0 Å². The van der Waals surface area contributed by atoms with Crippen LogP contribution in [0.15, 0.2) is 28.2 Å². The minimum atomic E-state index is 0.330. The molecular formula is C13H13BrN2OS2. The third kappa shape index (κ3) is 3.52. The van der Waals surface area contributed by atoms with Crippen molar-refractivity contribution in [2.24, 2.45) is 5.73 Å². The van der Waals surface area contributed by atoms with Gasteiger partial charge in [0.1, 0.15) is 10.7 Å². The molecule has 3 nitrogen and oxygen atoms in total. The number of nitrogens with zero attached hydrogens (tertiary/aromatic N) is 1. The number of aryl methyl sites for hydroxylation is 1. The fourth-order valence-electron chi connectivity index (χ4n) is 1.68. The van der Waals surface area contributed by atoms with Crippen LogP contribution in [0.2, 0.25) is 0 Å². The van der Waals surface area contributed by atoms with Crippen molar-refractivity contribution in [1.29, 1.82) is 0 Å². The first-order chi connectivity index (χ1) is 9.09. The first-order valence-corrected chi connectivity index (χ1v) is 7.77. The van der Waals surface area contributed by atoms with Crippen LogP contribution in [-0.4, -0.2) is 16.6 Å². The van der Waals surface area contributed by atoms with Crippen LogP contribution >= 0.6 is 39.5 Å². The predicted octanol–water partition coefficient (Wildman–Crippen LogP) is 3.47. The van der Waals surface area contributed by atoms with E-state index in [1.54, 1.807) is 11.3 Å². The van der Waals surface area contributed by atoms with Crippen LogP contribution in [0, 0.1) is 6.92 Å². The highest BCUT2D eigenvalue weighted by Crippen LogP contribution is 2.27. The molecule has 0 saturated heterocycles. The Bertz CT molecular complexity index is 598. The molecule has 0 aliphatic heterocycles. The van der Waals surface area contributed by atoms with E-state index in [9.17, 15) is 0 Å². The maximum atomic E-state index is 5.79. The van der Waals surface area contributed by atoms with E-state index in [2.05, 4.69) is 20.9 Å². The van der Waals surface area contributed by atoms with Crippen molar-refractivity contribution in [3.8, 4) is 5.75 Å². The molecule has 0 amide bonds. The van der Waals surface area contributed by atoms with Gasteiger partial charge in [-0.05, 0) is 35.0 Å². The SMILES string of the molecule is Cc1ncsc1CCOc1cccc(Br)c1C(N)=S. The van der Waals surface area contributed by atoms with E-state index in [0.29, 0.717) is 17.3 Å². The number of aromatic nitrogens is 1. The molecule has 1 heterocycles. The number of thiocarbonyl (C=S) groups is 1. The summed E-state index contributed by atoms with van der Waals surface area (Å²) < 4.78 is 6.64. The molecule has 2 aromatic rings. The van der Waals surface area contributed by atoms with Gasteiger partial charge < -0.3 is 10.5 Å². The van der Waals surface area contributed by atoms with Gasteiger partial charge in [-0.15, -0.1) is 11.3 Å². The molecule has 0 spiro atoms. The quantitative estimate of drug-likeness (QED) is 0.833. The average molecular weight is 357 g/mol. The Kier molecular flexibility index (Phi) is 4.90. The number of rotatable bonds is 5. The van der Waals surface area contributed by atoms with Crippen molar-refractivity contribution in [1.82, 2.24) is 4.98 Å². The third-order valence-electron chi connectivity index (χ3n) is 2.65. The summed E-state index contributed by atoms with van der Waals surface area (Å²) in [5, 5.41) is 0. The minimum absolute atomic E-state index is 0.330. The number of nitrogens with two attached hydrogens (primary N) is 1. The van der Waals surface area contributed by atoms with Gasteiger partial charge in [-0.2, -0.15) is 0 Å². The molecule has 100 valence electrons. The molecule has 0 saturated carbocycles. The highest BCUT2D eigenvalue weighted by Gasteiger charge is 2.11. The number of halogens is 1. The summed E-state index contributed by atoms with van der Waals surface area (Å²) in [7, 11) is 0. The molecule has 0 unspecified atom stereocenters. The second-order valence-electron chi connectivity index (χ2n) is 3.94. The lowest BCUT2D eigenvalue weighted by molar-refractivity contribution is 0.322. The molecule has 0 radical (unpaired) electrons. The normalized spacial score (nSPS) is 10.4. The van der Waals surface area contributed by atoms with Crippen LogP contribution in [-0.2, 0) is 6.42 Å². The third-order valence-corrected chi connectivity index (χ3v) is 4.51. The van der Waals surface area contributed by atoms with E-state index in [1.165, 1.54) is 4.88 Å². The van der Waals surface area contributed by atoms with Crippen LogP contribution in [0.25, 0.3) is 0 Å². The number of benzene rings is 1.